The monoisotopic (exact) mass is 499 g/mol. The highest BCUT2D eigenvalue weighted by atomic mass is 35.5. The number of anilines is 2. The zero-order valence-corrected chi connectivity index (χ0v) is 19.7. The molecular weight excluding hydrogens is 478 g/mol. The highest BCUT2D eigenvalue weighted by Crippen LogP contribution is 2.35. The Labute approximate surface area is 204 Å². The summed E-state index contributed by atoms with van der Waals surface area (Å²) in [5.41, 5.74) is 2.50. The van der Waals surface area contributed by atoms with Crippen LogP contribution in [0.15, 0.2) is 47.1 Å². The van der Waals surface area contributed by atoms with Crippen molar-refractivity contribution in [3.05, 3.63) is 64.7 Å². The number of nitrogens with zero attached hydrogens (tertiary/aromatic N) is 3. The fourth-order valence-corrected chi connectivity index (χ4v) is 5.24. The van der Waals surface area contributed by atoms with Gasteiger partial charge in [0, 0.05) is 40.7 Å². The molecule has 0 aliphatic carbocycles. The number of hydrogen-bond acceptors (Lipinski definition) is 6. The maximum atomic E-state index is 13.1. The van der Waals surface area contributed by atoms with Gasteiger partial charge in [0.05, 0.1) is 24.4 Å². The molecule has 0 spiro atoms. The molecule has 4 heterocycles. The number of halogens is 1. The van der Waals surface area contributed by atoms with Crippen LogP contribution in [0.5, 0.6) is 0 Å². The summed E-state index contributed by atoms with van der Waals surface area (Å²) >= 11 is 7.65. The van der Waals surface area contributed by atoms with E-state index in [0.717, 1.165) is 17.0 Å². The van der Waals surface area contributed by atoms with E-state index >= 15 is 0 Å². The van der Waals surface area contributed by atoms with Crippen molar-refractivity contribution < 1.29 is 18.8 Å². The van der Waals surface area contributed by atoms with Crippen LogP contribution in [-0.4, -0.2) is 34.0 Å². The van der Waals surface area contributed by atoms with Crippen molar-refractivity contribution in [2.75, 3.05) is 16.8 Å². The number of aromatic nitrogens is 2. The minimum atomic E-state index is -0.510. The van der Waals surface area contributed by atoms with Gasteiger partial charge in [0.25, 0.3) is 0 Å². The Morgan fingerprint density at radius 3 is 2.79 bits per heavy atom. The second-order valence-electron chi connectivity index (χ2n) is 8.15. The molecule has 1 saturated heterocycles. The van der Waals surface area contributed by atoms with Gasteiger partial charge in [-0.05, 0) is 36.4 Å². The SMILES string of the molecule is O=C(Cn1nc2c(c1NC(=O)C1CC(=O)N(c3ccc(Cl)cc3)C1)CSC2)NCc1ccco1. The molecule has 34 heavy (non-hydrogen) atoms. The van der Waals surface area contributed by atoms with Gasteiger partial charge in [0.2, 0.25) is 17.7 Å². The summed E-state index contributed by atoms with van der Waals surface area (Å²) in [6, 6.07) is 10.5. The Bertz CT molecular complexity index is 1220. The van der Waals surface area contributed by atoms with E-state index in [1.54, 1.807) is 59.3 Å². The van der Waals surface area contributed by atoms with E-state index in [-0.39, 0.29) is 43.8 Å². The summed E-state index contributed by atoms with van der Waals surface area (Å²) in [4.78, 5) is 39.8. The minimum Gasteiger partial charge on any atom is -0.467 e. The van der Waals surface area contributed by atoms with Crippen molar-refractivity contribution in [3.63, 3.8) is 0 Å². The van der Waals surface area contributed by atoms with Gasteiger partial charge in [0.1, 0.15) is 18.1 Å². The third kappa shape index (κ3) is 4.69. The summed E-state index contributed by atoms with van der Waals surface area (Å²) in [5, 5.41) is 10.9. The van der Waals surface area contributed by atoms with Crippen molar-refractivity contribution in [1.29, 1.82) is 0 Å². The third-order valence-corrected chi connectivity index (χ3v) is 7.05. The average molecular weight is 500 g/mol. The number of nitrogens with one attached hydrogen (secondary N) is 2. The van der Waals surface area contributed by atoms with Crippen LogP contribution in [0.25, 0.3) is 0 Å². The second kappa shape index (κ2) is 9.55. The fourth-order valence-electron chi connectivity index (χ4n) is 4.08. The van der Waals surface area contributed by atoms with Crippen LogP contribution in [-0.2, 0) is 39.0 Å². The van der Waals surface area contributed by atoms with Gasteiger partial charge in [0.15, 0.2) is 0 Å². The Kier molecular flexibility index (Phi) is 6.34. The summed E-state index contributed by atoms with van der Waals surface area (Å²) < 4.78 is 6.77. The molecule has 2 aliphatic rings. The summed E-state index contributed by atoms with van der Waals surface area (Å²) in [6.07, 6.45) is 1.66. The quantitative estimate of drug-likeness (QED) is 0.516. The van der Waals surface area contributed by atoms with Crippen molar-refractivity contribution >= 4 is 52.6 Å². The predicted octanol–water partition coefficient (Wildman–Crippen LogP) is 3.18. The Balaban J connectivity index is 1.27. The predicted molar refractivity (Wildman–Crippen MR) is 128 cm³/mol. The average Bonchev–Trinajstić information content (AvgIpc) is 3.60. The van der Waals surface area contributed by atoms with Crippen LogP contribution in [0.4, 0.5) is 11.5 Å². The number of furan rings is 1. The van der Waals surface area contributed by atoms with Gasteiger partial charge in [-0.15, -0.1) is 0 Å². The van der Waals surface area contributed by atoms with E-state index in [1.165, 1.54) is 4.68 Å². The zero-order chi connectivity index (χ0) is 23.7. The molecule has 0 saturated carbocycles. The second-order valence-corrected chi connectivity index (χ2v) is 9.57. The van der Waals surface area contributed by atoms with E-state index in [9.17, 15) is 14.4 Å². The number of benzene rings is 1. The molecule has 9 nitrogen and oxygen atoms in total. The van der Waals surface area contributed by atoms with Crippen molar-refractivity contribution in [1.82, 2.24) is 15.1 Å². The first-order chi connectivity index (χ1) is 16.5. The molecule has 3 aromatic rings. The summed E-state index contributed by atoms with van der Waals surface area (Å²) in [7, 11) is 0. The molecule has 11 heteroatoms. The molecule has 176 valence electrons. The highest BCUT2D eigenvalue weighted by Gasteiger charge is 2.36. The van der Waals surface area contributed by atoms with E-state index in [2.05, 4.69) is 15.7 Å². The Hall–Kier alpha value is -3.24. The van der Waals surface area contributed by atoms with Crippen LogP contribution in [0.2, 0.25) is 5.02 Å². The van der Waals surface area contributed by atoms with E-state index in [0.29, 0.717) is 28.0 Å². The number of hydrogen-bond donors (Lipinski definition) is 2. The van der Waals surface area contributed by atoms with Crippen LogP contribution in [0.3, 0.4) is 0 Å². The van der Waals surface area contributed by atoms with E-state index in [4.69, 9.17) is 16.0 Å². The van der Waals surface area contributed by atoms with Crippen LogP contribution >= 0.6 is 23.4 Å². The number of carbonyl (C=O) groups excluding carboxylic acids is 3. The molecule has 0 radical (unpaired) electrons. The number of thioether (sulfide) groups is 1. The molecule has 2 aromatic heterocycles. The highest BCUT2D eigenvalue weighted by molar-refractivity contribution is 7.98. The number of amides is 3. The lowest BCUT2D eigenvalue weighted by atomic mass is 10.1. The van der Waals surface area contributed by atoms with Gasteiger partial charge in [-0.2, -0.15) is 16.9 Å². The Morgan fingerprint density at radius 1 is 1.21 bits per heavy atom. The van der Waals surface area contributed by atoms with Crippen molar-refractivity contribution in [2.45, 2.75) is 31.0 Å². The Morgan fingerprint density at radius 2 is 2.03 bits per heavy atom. The topological polar surface area (TPSA) is 109 Å². The van der Waals surface area contributed by atoms with Gasteiger partial charge in [-0.3, -0.25) is 14.4 Å². The first-order valence-electron chi connectivity index (χ1n) is 10.8. The van der Waals surface area contributed by atoms with Gasteiger partial charge >= 0.3 is 0 Å². The number of fused-ring (bicyclic) bond motifs is 1. The largest absolute Gasteiger partial charge is 0.467 e. The first kappa shape index (κ1) is 22.5. The van der Waals surface area contributed by atoms with Crippen molar-refractivity contribution in [3.8, 4) is 0 Å². The van der Waals surface area contributed by atoms with Gasteiger partial charge < -0.3 is 20.0 Å². The standard InChI is InChI=1S/C23H22ClN5O4S/c24-15-3-5-16(6-4-15)28-10-14(8-21(28)31)23(32)26-22-18-12-34-13-19(18)27-29(22)11-20(30)25-9-17-2-1-7-33-17/h1-7,14H,8-13H2,(H,25,30)(H,26,32). The summed E-state index contributed by atoms with van der Waals surface area (Å²) in [5.74, 6) is 1.48. The molecule has 3 amide bonds. The van der Waals surface area contributed by atoms with Gasteiger partial charge in [-0.25, -0.2) is 4.68 Å². The number of carbonyl (C=O) groups is 3. The first-order valence-corrected chi connectivity index (χ1v) is 12.3. The van der Waals surface area contributed by atoms with E-state index in [1.807, 2.05) is 0 Å². The molecule has 1 aromatic carbocycles. The molecule has 0 bridgehead atoms. The molecule has 2 N–H and O–H groups in total. The molecular formula is C23H22ClN5O4S. The zero-order valence-electron chi connectivity index (χ0n) is 18.1. The lowest BCUT2D eigenvalue weighted by molar-refractivity contribution is -0.123. The smallest absolute Gasteiger partial charge is 0.242 e. The lowest BCUT2D eigenvalue weighted by Gasteiger charge is -2.17. The molecule has 5 rings (SSSR count). The maximum absolute atomic E-state index is 13.1. The van der Waals surface area contributed by atoms with Crippen LogP contribution in [0.1, 0.15) is 23.4 Å². The molecule has 2 aliphatic heterocycles. The van der Waals surface area contributed by atoms with Crippen molar-refractivity contribution in [2.24, 2.45) is 5.92 Å². The molecule has 1 atom stereocenters. The normalized spacial score (nSPS) is 17.1. The van der Waals surface area contributed by atoms with Crippen LogP contribution in [0, 0.1) is 5.92 Å². The number of rotatable bonds is 7. The molecule has 1 unspecified atom stereocenters. The maximum Gasteiger partial charge on any atom is 0.242 e. The molecule has 1 fully saturated rings. The summed E-state index contributed by atoms with van der Waals surface area (Å²) in [6.45, 7) is 0.518. The fraction of sp³-hybridized carbons (Fsp3) is 0.304. The van der Waals surface area contributed by atoms with E-state index < -0.39 is 5.92 Å². The minimum absolute atomic E-state index is 0.0332. The van der Waals surface area contributed by atoms with Crippen LogP contribution < -0.4 is 15.5 Å². The van der Waals surface area contributed by atoms with Gasteiger partial charge in [-0.1, -0.05) is 11.6 Å². The lowest BCUT2D eigenvalue weighted by Crippen LogP contribution is -2.31. The third-order valence-electron chi connectivity index (χ3n) is 5.83.